The first kappa shape index (κ1) is 27.1. The number of H-pyrrole nitrogens is 1. The van der Waals surface area contributed by atoms with Gasteiger partial charge in [-0.25, -0.2) is 4.39 Å². The number of halogens is 1. The molecule has 0 bridgehead atoms. The molecule has 40 heavy (non-hydrogen) atoms. The van der Waals surface area contributed by atoms with E-state index in [-0.39, 0.29) is 5.82 Å². The van der Waals surface area contributed by atoms with Crippen LogP contribution in [0.25, 0.3) is 33.2 Å². The van der Waals surface area contributed by atoms with Gasteiger partial charge in [-0.15, -0.1) is 0 Å². The fourth-order valence-electron chi connectivity index (χ4n) is 4.73. The van der Waals surface area contributed by atoms with Crippen molar-refractivity contribution in [3.63, 3.8) is 0 Å². The Hall–Kier alpha value is -4.43. The molecule has 0 radical (unpaired) electrons. The van der Waals surface area contributed by atoms with Gasteiger partial charge in [0.05, 0.1) is 30.2 Å². The van der Waals surface area contributed by atoms with E-state index in [2.05, 4.69) is 52.3 Å². The van der Waals surface area contributed by atoms with Crippen LogP contribution in [0, 0.1) is 12.7 Å². The third-order valence-corrected chi connectivity index (χ3v) is 6.76. The molecule has 4 heterocycles. The monoisotopic (exact) mass is 536 g/mol. The van der Waals surface area contributed by atoms with Gasteiger partial charge in [-0.05, 0) is 61.3 Å². The van der Waals surface area contributed by atoms with E-state index >= 15 is 0 Å². The first-order chi connectivity index (χ1) is 19.5. The minimum absolute atomic E-state index is 0.366. The molecule has 1 aromatic carbocycles. The number of aromatic nitrogens is 4. The van der Waals surface area contributed by atoms with Crippen molar-refractivity contribution in [3.8, 4) is 28.0 Å². The lowest BCUT2D eigenvalue weighted by Gasteiger charge is -2.12. The second-order valence-electron chi connectivity index (χ2n) is 9.66. The molecule has 7 nitrogen and oxygen atoms in total. The lowest BCUT2D eigenvalue weighted by Crippen LogP contribution is -2.12. The number of methoxy groups -OCH3 is 1. The average molecular weight is 537 g/mol. The molecule has 8 heteroatoms. The van der Waals surface area contributed by atoms with Crippen molar-refractivity contribution in [3.05, 3.63) is 95.7 Å². The van der Waals surface area contributed by atoms with Crippen LogP contribution in [0.3, 0.4) is 0 Å². The van der Waals surface area contributed by atoms with Crippen molar-refractivity contribution in [2.75, 3.05) is 20.2 Å². The molecule has 0 saturated heterocycles. The molecular weight excluding hydrogens is 503 g/mol. The van der Waals surface area contributed by atoms with Gasteiger partial charge in [-0.1, -0.05) is 13.8 Å². The first-order valence-corrected chi connectivity index (χ1v) is 13.5. The highest BCUT2D eigenvalue weighted by Crippen LogP contribution is 2.32. The SMILES string of the molecule is CCC/N=C(/c1cc2c(-c3cc(F)cc(OC)c3)cncc2[nH]1)c1cc(-c2cncc(CNCC)c2)cnc1C. The summed E-state index contributed by atoms with van der Waals surface area (Å²) in [4.78, 5) is 22.1. The Morgan fingerprint density at radius 2 is 1.77 bits per heavy atom. The van der Waals surface area contributed by atoms with Crippen LogP contribution in [0.4, 0.5) is 4.39 Å². The number of aliphatic imine (C=N–C) groups is 1. The summed E-state index contributed by atoms with van der Waals surface area (Å²) in [6.07, 6.45) is 10.1. The highest BCUT2D eigenvalue weighted by Gasteiger charge is 2.17. The minimum Gasteiger partial charge on any atom is -0.497 e. The number of fused-ring (bicyclic) bond motifs is 1. The lowest BCUT2D eigenvalue weighted by atomic mass is 9.99. The van der Waals surface area contributed by atoms with Crippen LogP contribution in [-0.2, 0) is 6.54 Å². The summed E-state index contributed by atoms with van der Waals surface area (Å²) in [6, 6.07) is 11.0. The van der Waals surface area contributed by atoms with Gasteiger partial charge in [-0.2, -0.15) is 0 Å². The molecule has 0 amide bonds. The Labute approximate surface area is 233 Å². The fourth-order valence-corrected chi connectivity index (χ4v) is 4.73. The van der Waals surface area contributed by atoms with Gasteiger partial charge in [0, 0.05) is 77.3 Å². The van der Waals surface area contributed by atoms with Crippen molar-refractivity contribution in [2.45, 2.75) is 33.7 Å². The van der Waals surface area contributed by atoms with Crippen molar-refractivity contribution in [1.29, 1.82) is 0 Å². The van der Waals surface area contributed by atoms with E-state index in [9.17, 15) is 4.39 Å². The van der Waals surface area contributed by atoms with Crippen molar-refractivity contribution in [2.24, 2.45) is 4.99 Å². The van der Waals surface area contributed by atoms with E-state index < -0.39 is 0 Å². The maximum Gasteiger partial charge on any atom is 0.127 e. The topological polar surface area (TPSA) is 88.1 Å². The van der Waals surface area contributed by atoms with E-state index in [0.717, 1.165) is 75.3 Å². The quantitative estimate of drug-likeness (QED) is 0.199. The second kappa shape index (κ2) is 12.2. The number of benzene rings is 1. The number of hydrogen-bond acceptors (Lipinski definition) is 6. The molecule has 0 spiro atoms. The van der Waals surface area contributed by atoms with Gasteiger partial charge in [0.25, 0.3) is 0 Å². The van der Waals surface area contributed by atoms with Crippen LogP contribution >= 0.6 is 0 Å². The number of hydrogen-bond donors (Lipinski definition) is 2. The molecule has 0 saturated carbocycles. The van der Waals surface area contributed by atoms with Crippen LogP contribution < -0.4 is 10.1 Å². The zero-order chi connectivity index (χ0) is 28.1. The number of nitrogens with zero attached hydrogens (tertiary/aromatic N) is 4. The summed E-state index contributed by atoms with van der Waals surface area (Å²) in [6.45, 7) is 8.51. The number of aryl methyl sites for hydroxylation is 1. The van der Waals surface area contributed by atoms with Crippen LogP contribution in [0.15, 0.2) is 72.4 Å². The van der Waals surface area contributed by atoms with Gasteiger partial charge >= 0.3 is 0 Å². The largest absolute Gasteiger partial charge is 0.497 e. The first-order valence-electron chi connectivity index (χ1n) is 13.5. The van der Waals surface area contributed by atoms with Crippen LogP contribution in [-0.4, -0.2) is 45.8 Å². The van der Waals surface area contributed by atoms with E-state index in [1.165, 1.54) is 19.2 Å². The molecular formula is C32H33FN6O. The standard InChI is InChI=1S/C32H33FN6O/c1-5-7-37-32(27-11-24(17-38-20(27)3)23-8-21(14-34-6-2)15-35-16-23)30-13-28-29(18-36-19-31(28)39-30)22-9-25(33)12-26(10-22)40-4/h8-13,15-19,34,39H,5-7,14H2,1-4H3/b37-32+. The molecule has 204 valence electrons. The summed E-state index contributed by atoms with van der Waals surface area (Å²) in [5.74, 6) is 0.0883. The molecule has 4 aromatic heterocycles. The summed E-state index contributed by atoms with van der Waals surface area (Å²) < 4.78 is 19.7. The number of rotatable bonds is 10. The minimum atomic E-state index is -0.366. The van der Waals surface area contributed by atoms with Gasteiger partial charge in [0.1, 0.15) is 11.6 Å². The summed E-state index contributed by atoms with van der Waals surface area (Å²) >= 11 is 0. The highest BCUT2D eigenvalue weighted by molar-refractivity contribution is 6.15. The molecule has 2 N–H and O–H groups in total. The van der Waals surface area contributed by atoms with Gasteiger partial charge in [-0.3, -0.25) is 19.9 Å². The van der Waals surface area contributed by atoms with Gasteiger partial charge < -0.3 is 15.0 Å². The van der Waals surface area contributed by atoms with Gasteiger partial charge in [0.2, 0.25) is 0 Å². The normalized spacial score (nSPS) is 11.8. The Morgan fingerprint density at radius 1 is 0.950 bits per heavy atom. The third-order valence-electron chi connectivity index (χ3n) is 6.76. The van der Waals surface area contributed by atoms with E-state index in [1.807, 2.05) is 31.6 Å². The predicted octanol–water partition coefficient (Wildman–Crippen LogP) is 6.50. The molecule has 0 aliphatic heterocycles. The Balaban J connectivity index is 1.61. The third kappa shape index (κ3) is 5.77. The summed E-state index contributed by atoms with van der Waals surface area (Å²) in [5.41, 5.74) is 8.92. The predicted molar refractivity (Wildman–Crippen MR) is 158 cm³/mol. The van der Waals surface area contributed by atoms with E-state index in [4.69, 9.17) is 14.7 Å². The Bertz CT molecular complexity index is 1680. The van der Waals surface area contributed by atoms with E-state index in [0.29, 0.717) is 17.9 Å². The fraction of sp³-hybridized carbons (Fsp3) is 0.250. The van der Waals surface area contributed by atoms with Crippen molar-refractivity contribution >= 4 is 16.6 Å². The van der Waals surface area contributed by atoms with Crippen LogP contribution in [0.1, 0.15) is 42.8 Å². The summed E-state index contributed by atoms with van der Waals surface area (Å²) in [5, 5.41) is 4.27. The Kier molecular flexibility index (Phi) is 8.26. The number of pyridine rings is 3. The second-order valence-corrected chi connectivity index (χ2v) is 9.66. The number of ether oxygens (including phenoxy) is 1. The van der Waals surface area contributed by atoms with Crippen molar-refractivity contribution < 1.29 is 9.13 Å². The number of nitrogens with one attached hydrogen (secondary N) is 2. The molecule has 0 unspecified atom stereocenters. The lowest BCUT2D eigenvalue weighted by molar-refractivity contribution is 0.411. The van der Waals surface area contributed by atoms with Crippen LogP contribution in [0.2, 0.25) is 0 Å². The highest BCUT2D eigenvalue weighted by atomic mass is 19.1. The maximum absolute atomic E-state index is 14.4. The van der Waals surface area contributed by atoms with Crippen molar-refractivity contribution in [1.82, 2.24) is 25.3 Å². The average Bonchev–Trinajstić information content (AvgIpc) is 3.41. The zero-order valence-corrected chi connectivity index (χ0v) is 23.3. The molecule has 0 aliphatic rings. The van der Waals surface area contributed by atoms with Gasteiger partial charge in [0.15, 0.2) is 0 Å². The van der Waals surface area contributed by atoms with E-state index in [1.54, 1.807) is 12.4 Å². The smallest absolute Gasteiger partial charge is 0.127 e. The van der Waals surface area contributed by atoms with Crippen LogP contribution in [0.5, 0.6) is 5.75 Å². The Morgan fingerprint density at radius 3 is 2.58 bits per heavy atom. The number of aromatic amines is 1. The summed E-state index contributed by atoms with van der Waals surface area (Å²) in [7, 11) is 1.53. The maximum atomic E-state index is 14.4. The molecule has 5 aromatic rings. The molecule has 0 fully saturated rings. The molecule has 0 aliphatic carbocycles. The molecule has 0 atom stereocenters. The molecule has 5 rings (SSSR count). The zero-order valence-electron chi connectivity index (χ0n) is 23.3.